The summed E-state index contributed by atoms with van der Waals surface area (Å²) in [6, 6.07) is 0. The van der Waals surface area contributed by atoms with Crippen molar-refractivity contribution in [1.82, 2.24) is 15.5 Å². The minimum absolute atomic E-state index is 0. The standard InChI is InChI=1S/C21H41N5O3.HI/c1-2-23-21(25-10-5-14-28-16-18-8-15-29-17-18)24-9-3-4-11-26-12-6-19(7-13-26)20(22)27;/h18-19H,2-17H2,1H3,(H2,22,27)(H2,23,24,25);1H. The highest BCUT2D eigenvalue weighted by molar-refractivity contribution is 14.0. The number of primary amides is 1. The molecule has 2 saturated heterocycles. The number of aliphatic imine (C=N–C) groups is 1. The quantitative estimate of drug-likeness (QED) is 0.142. The van der Waals surface area contributed by atoms with E-state index in [1.165, 1.54) is 0 Å². The van der Waals surface area contributed by atoms with Crippen molar-refractivity contribution in [3.05, 3.63) is 0 Å². The van der Waals surface area contributed by atoms with Gasteiger partial charge in [0.2, 0.25) is 5.91 Å². The largest absolute Gasteiger partial charge is 0.381 e. The molecule has 2 heterocycles. The molecular formula is C21H42IN5O3. The number of rotatable bonds is 13. The molecule has 0 aromatic carbocycles. The number of ether oxygens (including phenoxy) is 2. The van der Waals surface area contributed by atoms with Gasteiger partial charge in [-0.15, -0.1) is 24.0 Å². The second-order valence-electron chi connectivity index (χ2n) is 8.07. The third kappa shape index (κ3) is 11.7. The first-order valence-corrected chi connectivity index (χ1v) is 11.4. The van der Waals surface area contributed by atoms with Crippen molar-refractivity contribution in [3.63, 3.8) is 0 Å². The number of carbonyl (C=O) groups is 1. The van der Waals surface area contributed by atoms with Crippen molar-refractivity contribution < 1.29 is 14.3 Å². The van der Waals surface area contributed by atoms with Gasteiger partial charge in [-0.3, -0.25) is 9.79 Å². The maximum Gasteiger partial charge on any atom is 0.220 e. The maximum atomic E-state index is 11.2. The van der Waals surface area contributed by atoms with Crippen LogP contribution in [0.25, 0.3) is 0 Å². The van der Waals surface area contributed by atoms with Crippen molar-refractivity contribution >= 4 is 35.8 Å². The maximum absolute atomic E-state index is 11.2. The van der Waals surface area contributed by atoms with E-state index < -0.39 is 0 Å². The SMILES string of the molecule is CCNC(=NCCCOCC1CCOC1)NCCCCN1CCC(C(N)=O)CC1.I. The molecule has 0 radical (unpaired) electrons. The predicted octanol–water partition coefficient (Wildman–Crippen LogP) is 1.58. The second kappa shape index (κ2) is 17.0. The molecule has 30 heavy (non-hydrogen) atoms. The zero-order chi connectivity index (χ0) is 20.7. The Kier molecular flexibility index (Phi) is 15.5. The van der Waals surface area contributed by atoms with Gasteiger partial charge in [0.15, 0.2) is 5.96 Å². The number of likely N-dealkylation sites (tertiary alicyclic amines) is 1. The number of carbonyl (C=O) groups excluding carboxylic acids is 1. The second-order valence-corrected chi connectivity index (χ2v) is 8.07. The fraction of sp³-hybridized carbons (Fsp3) is 0.905. The number of guanidine groups is 1. The van der Waals surface area contributed by atoms with Gasteiger partial charge >= 0.3 is 0 Å². The number of nitrogens with zero attached hydrogens (tertiary/aromatic N) is 2. The predicted molar refractivity (Wildman–Crippen MR) is 131 cm³/mol. The van der Waals surface area contributed by atoms with Gasteiger partial charge in [0.05, 0.1) is 13.2 Å². The van der Waals surface area contributed by atoms with Gasteiger partial charge in [-0.05, 0) is 65.1 Å². The molecule has 1 atom stereocenters. The molecule has 1 amide bonds. The summed E-state index contributed by atoms with van der Waals surface area (Å²) in [6.07, 6.45) is 6.12. The van der Waals surface area contributed by atoms with E-state index in [9.17, 15) is 4.79 Å². The number of nitrogens with one attached hydrogen (secondary N) is 2. The molecule has 1 unspecified atom stereocenters. The van der Waals surface area contributed by atoms with Gasteiger partial charge in [0.25, 0.3) is 0 Å². The monoisotopic (exact) mass is 539 g/mol. The van der Waals surface area contributed by atoms with Crippen LogP contribution in [0.2, 0.25) is 0 Å². The summed E-state index contributed by atoms with van der Waals surface area (Å²) < 4.78 is 11.1. The van der Waals surface area contributed by atoms with Crippen LogP contribution in [-0.2, 0) is 14.3 Å². The van der Waals surface area contributed by atoms with Gasteiger partial charge in [-0.25, -0.2) is 0 Å². The number of unbranched alkanes of at least 4 members (excludes halogenated alkanes) is 1. The average molecular weight is 540 g/mol. The van der Waals surface area contributed by atoms with Crippen LogP contribution in [0, 0.1) is 11.8 Å². The molecule has 2 fully saturated rings. The fourth-order valence-electron chi connectivity index (χ4n) is 3.77. The Morgan fingerprint density at radius 3 is 2.67 bits per heavy atom. The van der Waals surface area contributed by atoms with Gasteiger partial charge < -0.3 is 30.7 Å². The molecule has 0 saturated carbocycles. The molecule has 0 spiro atoms. The van der Waals surface area contributed by atoms with E-state index in [1.54, 1.807) is 0 Å². The minimum Gasteiger partial charge on any atom is -0.381 e. The zero-order valence-electron chi connectivity index (χ0n) is 18.6. The fourth-order valence-corrected chi connectivity index (χ4v) is 3.77. The van der Waals surface area contributed by atoms with Crippen LogP contribution in [0.5, 0.6) is 0 Å². The first-order valence-electron chi connectivity index (χ1n) is 11.4. The Morgan fingerprint density at radius 2 is 2.00 bits per heavy atom. The number of hydrogen-bond acceptors (Lipinski definition) is 5. The van der Waals surface area contributed by atoms with Crippen LogP contribution < -0.4 is 16.4 Å². The van der Waals surface area contributed by atoms with Crippen molar-refractivity contribution in [1.29, 1.82) is 0 Å². The normalized spacial score (nSPS) is 20.7. The molecule has 8 nitrogen and oxygen atoms in total. The molecular weight excluding hydrogens is 497 g/mol. The lowest BCUT2D eigenvalue weighted by Crippen LogP contribution is -2.39. The average Bonchev–Trinajstić information content (AvgIpc) is 3.24. The highest BCUT2D eigenvalue weighted by Crippen LogP contribution is 2.16. The van der Waals surface area contributed by atoms with E-state index in [1.807, 2.05) is 0 Å². The third-order valence-corrected chi connectivity index (χ3v) is 5.62. The van der Waals surface area contributed by atoms with Gasteiger partial charge in [-0.2, -0.15) is 0 Å². The van der Waals surface area contributed by atoms with Gasteiger partial charge in [-0.1, -0.05) is 0 Å². The Balaban J connectivity index is 0.00000450. The lowest BCUT2D eigenvalue weighted by Gasteiger charge is -2.30. The molecule has 9 heteroatoms. The Morgan fingerprint density at radius 1 is 1.20 bits per heavy atom. The molecule has 0 aromatic heterocycles. The first-order chi connectivity index (χ1) is 14.2. The molecule has 0 aliphatic carbocycles. The number of halogens is 1. The Hall–Kier alpha value is -0.650. The number of hydrogen-bond donors (Lipinski definition) is 3. The molecule has 2 rings (SSSR count). The Labute approximate surface area is 199 Å². The first kappa shape index (κ1) is 27.4. The molecule has 2 aliphatic heterocycles. The van der Waals surface area contributed by atoms with Gasteiger partial charge in [0, 0.05) is 44.7 Å². The highest BCUT2D eigenvalue weighted by Gasteiger charge is 2.22. The summed E-state index contributed by atoms with van der Waals surface area (Å²) in [6.45, 7) is 11.0. The lowest BCUT2D eigenvalue weighted by molar-refractivity contribution is -0.123. The third-order valence-electron chi connectivity index (χ3n) is 5.62. The van der Waals surface area contributed by atoms with Crippen LogP contribution in [0.4, 0.5) is 0 Å². The molecule has 2 aliphatic rings. The molecule has 0 bridgehead atoms. The Bertz CT molecular complexity index is 481. The van der Waals surface area contributed by atoms with Crippen LogP contribution in [0.15, 0.2) is 4.99 Å². The summed E-state index contributed by atoms with van der Waals surface area (Å²) in [5.41, 5.74) is 5.40. The molecule has 176 valence electrons. The van der Waals surface area contributed by atoms with Crippen LogP contribution >= 0.6 is 24.0 Å². The lowest BCUT2D eigenvalue weighted by atomic mass is 9.96. The van der Waals surface area contributed by atoms with Crippen LogP contribution in [0.3, 0.4) is 0 Å². The zero-order valence-corrected chi connectivity index (χ0v) is 20.9. The van der Waals surface area contributed by atoms with E-state index >= 15 is 0 Å². The topological polar surface area (TPSA) is 101 Å². The number of nitrogens with two attached hydrogens (primary N) is 1. The number of piperidine rings is 1. The summed E-state index contributed by atoms with van der Waals surface area (Å²) in [4.78, 5) is 18.3. The highest BCUT2D eigenvalue weighted by atomic mass is 127. The van der Waals surface area contributed by atoms with E-state index in [4.69, 9.17) is 15.2 Å². The van der Waals surface area contributed by atoms with E-state index in [-0.39, 0.29) is 35.8 Å². The van der Waals surface area contributed by atoms with Crippen LogP contribution in [-0.4, -0.2) is 82.5 Å². The smallest absolute Gasteiger partial charge is 0.220 e. The summed E-state index contributed by atoms with van der Waals surface area (Å²) in [7, 11) is 0. The van der Waals surface area contributed by atoms with E-state index in [0.717, 1.165) is 110 Å². The number of amides is 1. The van der Waals surface area contributed by atoms with Crippen molar-refractivity contribution in [3.8, 4) is 0 Å². The summed E-state index contributed by atoms with van der Waals surface area (Å²) >= 11 is 0. The molecule has 4 N–H and O–H groups in total. The summed E-state index contributed by atoms with van der Waals surface area (Å²) in [5.74, 6) is 1.40. The molecule has 0 aromatic rings. The van der Waals surface area contributed by atoms with E-state index in [0.29, 0.717) is 5.92 Å². The van der Waals surface area contributed by atoms with Crippen LogP contribution in [0.1, 0.15) is 45.4 Å². The summed E-state index contributed by atoms with van der Waals surface area (Å²) in [5, 5.41) is 6.72. The minimum atomic E-state index is -0.140. The van der Waals surface area contributed by atoms with Crippen molar-refractivity contribution in [2.75, 3.05) is 65.7 Å². The van der Waals surface area contributed by atoms with Crippen molar-refractivity contribution in [2.45, 2.75) is 45.4 Å². The van der Waals surface area contributed by atoms with Gasteiger partial charge in [0.1, 0.15) is 0 Å². The van der Waals surface area contributed by atoms with Crippen molar-refractivity contribution in [2.24, 2.45) is 22.6 Å². The van der Waals surface area contributed by atoms with E-state index in [2.05, 4.69) is 27.4 Å².